The molecule has 0 bridgehead atoms. The van der Waals surface area contributed by atoms with Gasteiger partial charge in [0.05, 0.1) is 32.1 Å². The van der Waals surface area contributed by atoms with Gasteiger partial charge in [0, 0.05) is 5.56 Å². The Labute approximate surface area is 182 Å². The van der Waals surface area contributed by atoms with Crippen LogP contribution in [0.25, 0.3) is 0 Å². The van der Waals surface area contributed by atoms with Crippen molar-refractivity contribution in [2.45, 2.75) is 12.5 Å². The number of rotatable bonds is 5. The van der Waals surface area contributed by atoms with Crippen molar-refractivity contribution in [1.29, 1.82) is 0 Å². The maximum absolute atomic E-state index is 13.6. The minimum atomic E-state index is -0.252. The number of nitrogens with one attached hydrogen (secondary N) is 1. The summed E-state index contributed by atoms with van der Waals surface area (Å²) in [7, 11) is 0. The summed E-state index contributed by atoms with van der Waals surface area (Å²) in [6.45, 7) is 4.66. The van der Waals surface area contributed by atoms with Crippen LogP contribution in [0.15, 0.2) is 78.9 Å². The van der Waals surface area contributed by atoms with Crippen LogP contribution in [-0.4, -0.2) is 43.8 Å². The SMILES string of the molecule is O=C(C(c1ccccc1)c1ccccc1)N1CC[NH+](Cc2ccc3c(c2)OCO3)CC1. The van der Waals surface area contributed by atoms with Crippen LogP contribution in [0, 0.1) is 0 Å². The lowest BCUT2D eigenvalue weighted by Crippen LogP contribution is -3.13. The fraction of sp³-hybridized carbons (Fsp3) is 0.269. The number of ether oxygens (including phenoxy) is 2. The molecule has 5 heteroatoms. The number of quaternary nitrogens is 1. The first-order valence-corrected chi connectivity index (χ1v) is 10.9. The molecule has 1 amide bonds. The van der Waals surface area contributed by atoms with Gasteiger partial charge in [-0.1, -0.05) is 60.7 Å². The molecule has 0 aromatic heterocycles. The Hall–Kier alpha value is -3.31. The van der Waals surface area contributed by atoms with Crippen LogP contribution in [0.5, 0.6) is 11.5 Å². The molecule has 2 heterocycles. The highest BCUT2D eigenvalue weighted by Gasteiger charge is 2.31. The van der Waals surface area contributed by atoms with Crippen LogP contribution in [0.2, 0.25) is 0 Å². The highest BCUT2D eigenvalue weighted by Crippen LogP contribution is 2.32. The summed E-state index contributed by atoms with van der Waals surface area (Å²) in [5, 5.41) is 0. The van der Waals surface area contributed by atoms with Crippen molar-refractivity contribution in [1.82, 2.24) is 4.90 Å². The molecular formula is C26H27N2O3+. The molecule has 0 saturated carbocycles. The second kappa shape index (κ2) is 8.82. The van der Waals surface area contributed by atoms with E-state index in [0.717, 1.165) is 55.3 Å². The van der Waals surface area contributed by atoms with Gasteiger partial charge < -0.3 is 19.3 Å². The predicted octanol–water partition coefficient (Wildman–Crippen LogP) is 2.47. The zero-order valence-corrected chi connectivity index (χ0v) is 17.5. The van der Waals surface area contributed by atoms with Crippen LogP contribution in [0.3, 0.4) is 0 Å². The van der Waals surface area contributed by atoms with E-state index in [-0.39, 0.29) is 11.8 Å². The van der Waals surface area contributed by atoms with Crippen molar-refractivity contribution in [2.24, 2.45) is 0 Å². The van der Waals surface area contributed by atoms with Crippen molar-refractivity contribution < 1.29 is 19.2 Å². The summed E-state index contributed by atoms with van der Waals surface area (Å²) in [6, 6.07) is 26.4. The molecule has 31 heavy (non-hydrogen) atoms. The zero-order chi connectivity index (χ0) is 21.0. The first-order valence-electron chi connectivity index (χ1n) is 10.9. The topological polar surface area (TPSA) is 43.2 Å². The fourth-order valence-electron chi connectivity index (χ4n) is 4.51. The molecule has 1 fully saturated rings. The molecule has 5 rings (SSSR count). The Morgan fingerprint density at radius 1 is 0.839 bits per heavy atom. The highest BCUT2D eigenvalue weighted by molar-refractivity contribution is 5.87. The predicted molar refractivity (Wildman–Crippen MR) is 118 cm³/mol. The molecule has 5 nitrogen and oxygen atoms in total. The molecule has 3 aromatic carbocycles. The number of amides is 1. The molecule has 0 radical (unpaired) electrons. The lowest BCUT2D eigenvalue weighted by atomic mass is 9.90. The van der Waals surface area contributed by atoms with Gasteiger partial charge in [-0.2, -0.15) is 0 Å². The van der Waals surface area contributed by atoms with E-state index in [9.17, 15) is 4.79 Å². The lowest BCUT2D eigenvalue weighted by Gasteiger charge is -2.34. The number of fused-ring (bicyclic) bond motifs is 1. The third-order valence-corrected chi connectivity index (χ3v) is 6.19. The van der Waals surface area contributed by atoms with Crippen LogP contribution in [0.4, 0.5) is 0 Å². The van der Waals surface area contributed by atoms with Crippen molar-refractivity contribution in [2.75, 3.05) is 33.0 Å². The number of hydrogen-bond acceptors (Lipinski definition) is 3. The average Bonchev–Trinajstić information content (AvgIpc) is 3.29. The van der Waals surface area contributed by atoms with Crippen molar-refractivity contribution in [3.63, 3.8) is 0 Å². The average molecular weight is 416 g/mol. The van der Waals surface area contributed by atoms with E-state index in [0.29, 0.717) is 6.79 Å². The Morgan fingerprint density at radius 2 is 1.45 bits per heavy atom. The Kier molecular flexibility index (Phi) is 5.59. The summed E-state index contributed by atoms with van der Waals surface area (Å²) in [5.74, 6) is 1.60. The maximum Gasteiger partial charge on any atom is 0.234 e. The van der Waals surface area contributed by atoms with E-state index >= 15 is 0 Å². The van der Waals surface area contributed by atoms with Gasteiger partial charge in [-0.3, -0.25) is 4.79 Å². The standard InChI is InChI=1S/C26H26N2O3/c29-26(25(21-7-3-1-4-8-21)22-9-5-2-6-10-22)28-15-13-27(14-16-28)18-20-11-12-23-24(17-20)31-19-30-23/h1-12,17,25H,13-16,18-19H2/p+1. The third-order valence-electron chi connectivity index (χ3n) is 6.19. The fourth-order valence-corrected chi connectivity index (χ4v) is 4.51. The highest BCUT2D eigenvalue weighted by atomic mass is 16.7. The van der Waals surface area contributed by atoms with E-state index in [4.69, 9.17) is 9.47 Å². The minimum Gasteiger partial charge on any atom is -0.454 e. The van der Waals surface area contributed by atoms with Crippen molar-refractivity contribution in [3.8, 4) is 11.5 Å². The molecule has 0 spiro atoms. The van der Waals surface area contributed by atoms with Crippen LogP contribution >= 0.6 is 0 Å². The lowest BCUT2D eigenvalue weighted by molar-refractivity contribution is -0.917. The van der Waals surface area contributed by atoms with E-state index in [1.54, 1.807) is 0 Å². The quantitative estimate of drug-likeness (QED) is 0.696. The maximum atomic E-state index is 13.6. The van der Waals surface area contributed by atoms with E-state index in [1.807, 2.05) is 47.4 Å². The number of carbonyl (C=O) groups is 1. The van der Waals surface area contributed by atoms with Crippen molar-refractivity contribution in [3.05, 3.63) is 95.6 Å². The monoisotopic (exact) mass is 415 g/mol. The molecule has 0 aliphatic carbocycles. The number of carbonyl (C=O) groups excluding carboxylic acids is 1. The number of hydrogen-bond donors (Lipinski definition) is 1. The van der Waals surface area contributed by atoms with Gasteiger partial charge in [0.25, 0.3) is 0 Å². The zero-order valence-electron chi connectivity index (χ0n) is 17.5. The molecular weight excluding hydrogens is 388 g/mol. The van der Waals surface area contributed by atoms with Gasteiger partial charge in [0.1, 0.15) is 6.54 Å². The summed E-state index contributed by atoms with van der Waals surface area (Å²) in [4.78, 5) is 17.1. The molecule has 3 aromatic rings. The van der Waals surface area contributed by atoms with Gasteiger partial charge in [-0.15, -0.1) is 0 Å². The van der Waals surface area contributed by atoms with Gasteiger partial charge in [-0.25, -0.2) is 0 Å². The minimum absolute atomic E-state index is 0.194. The van der Waals surface area contributed by atoms with E-state index in [2.05, 4.69) is 36.4 Å². The Bertz CT molecular complexity index is 992. The summed E-state index contributed by atoms with van der Waals surface area (Å²) < 4.78 is 10.9. The Morgan fingerprint density at radius 3 is 2.10 bits per heavy atom. The molecule has 1 N–H and O–H groups in total. The summed E-state index contributed by atoms with van der Waals surface area (Å²) in [5.41, 5.74) is 3.34. The molecule has 158 valence electrons. The number of benzene rings is 3. The van der Waals surface area contributed by atoms with E-state index < -0.39 is 0 Å². The third kappa shape index (κ3) is 4.28. The van der Waals surface area contributed by atoms with Gasteiger partial charge >= 0.3 is 0 Å². The first kappa shape index (κ1) is 19.6. The van der Waals surface area contributed by atoms with Crippen molar-refractivity contribution >= 4 is 5.91 Å². The molecule has 0 unspecified atom stereocenters. The van der Waals surface area contributed by atoms with Crippen LogP contribution in [-0.2, 0) is 11.3 Å². The van der Waals surface area contributed by atoms with Gasteiger partial charge in [-0.05, 0) is 29.3 Å². The first-order chi connectivity index (χ1) is 15.3. The van der Waals surface area contributed by atoms with Crippen LogP contribution < -0.4 is 14.4 Å². The Balaban J connectivity index is 1.26. The summed E-state index contributed by atoms with van der Waals surface area (Å²) in [6.07, 6.45) is 0. The smallest absolute Gasteiger partial charge is 0.234 e. The van der Waals surface area contributed by atoms with Gasteiger partial charge in [0.2, 0.25) is 12.7 Å². The second-order valence-electron chi connectivity index (χ2n) is 8.19. The number of piperazine rings is 1. The second-order valence-corrected chi connectivity index (χ2v) is 8.19. The molecule has 1 saturated heterocycles. The molecule has 2 aliphatic heterocycles. The van der Waals surface area contributed by atoms with E-state index in [1.165, 1.54) is 10.5 Å². The largest absolute Gasteiger partial charge is 0.454 e. The normalized spacial score (nSPS) is 16.0. The van der Waals surface area contributed by atoms with Gasteiger partial charge in [0.15, 0.2) is 11.5 Å². The summed E-state index contributed by atoms with van der Waals surface area (Å²) >= 11 is 0. The number of nitrogens with zero attached hydrogens (tertiary/aromatic N) is 1. The van der Waals surface area contributed by atoms with Crippen LogP contribution in [0.1, 0.15) is 22.6 Å². The molecule has 2 aliphatic rings. The molecule has 0 atom stereocenters.